The van der Waals surface area contributed by atoms with Crippen LogP contribution in [-0.4, -0.2) is 43.4 Å². The quantitative estimate of drug-likeness (QED) is 0.294. The van der Waals surface area contributed by atoms with E-state index in [1.54, 1.807) is 0 Å². The van der Waals surface area contributed by atoms with Gasteiger partial charge in [0.25, 0.3) is 15.6 Å². The highest BCUT2D eigenvalue weighted by molar-refractivity contribution is 7.64. The van der Waals surface area contributed by atoms with E-state index in [1.165, 1.54) is 10.9 Å². The summed E-state index contributed by atoms with van der Waals surface area (Å²) >= 11 is 0. The summed E-state index contributed by atoms with van der Waals surface area (Å²) in [6.45, 7) is -0.934. The van der Waals surface area contributed by atoms with E-state index in [4.69, 9.17) is 16.2 Å². The van der Waals surface area contributed by atoms with Crippen LogP contribution in [-0.2, 0) is 31.6 Å². The number of aromatic nitrogens is 4. The van der Waals surface area contributed by atoms with Crippen molar-refractivity contribution in [1.82, 2.24) is 19.5 Å². The molecule has 0 saturated carbocycles. The second-order valence-corrected chi connectivity index (χ2v) is 10.3. The highest BCUT2D eigenvalue weighted by atomic mass is 31.3. The third-order valence-electron chi connectivity index (χ3n) is 3.78. The number of hydrogen-bond acceptors (Lipinski definition) is 17. The van der Waals surface area contributed by atoms with Gasteiger partial charge in [-0.1, -0.05) is 0 Å². The summed E-state index contributed by atoms with van der Waals surface area (Å²) in [5.74, 6) is -0.159. The lowest BCUT2D eigenvalue weighted by atomic mass is 10.2. The van der Waals surface area contributed by atoms with Crippen LogP contribution in [0.15, 0.2) is 6.33 Å². The minimum Gasteiger partial charge on any atom is -0.790 e. The molecule has 1 fully saturated rings. The number of nitrogen functional groups attached to an aromatic ring is 2. The molecule has 0 radical (unpaired) electrons. The zero-order chi connectivity index (χ0) is 23.2. The minimum atomic E-state index is -6.10. The molecule has 1 saturated heterocycles. The van der Waals surface area contributed by atoms with Crippen LogP contribution in [0.1, 0.15) is 12.6 Å². The maximum atomic E-state index is 11.6. The standard InChI is InChI=1S/C10H17N6O12P3/c11-8-7-9(15-10(12)14-8)16(3-13-7)6-1-4(17)5(26-6)2-25-30(21,22)28-31(23,24)27-29(18,19)20/h3-6,17H,1-2H2,(H,21,22)(H,23,24)(H2,18,19,20)(H4,11,12,14,15)/p-4/t4-,5+,6+/m0/s1. The first-order valence-corrected chi connectivity index (χ1v) is 12.3. The summed E-state index contributed by atoms with van der Waals surface area (Å²) in [6.07, 6.45) is -2.34. The van der Waals surface area contributed by atoms with Crippen molar-refractivity contribution in [2.45, 2.75) is 24.9 Å². The van der Waals surface area contributed by atoms with Crippen LogP contribution in [0.5, 0.6) is 0 Å². The van der Waals surface area contributed by atoms with Gasteiger partial charge in [-0.3, -0.25) is 18.0 Å². The summed E-state index contributed by atoms with van der Waals surface area (Å²) < 4.78 is 50.6. The van der Waals surface area contributed by atoms with Crippen LogP contribution in [0.2, 0.25) is 0 Å². The highest BCUT2D eigenvalue weighted by Gasteiger charge is 2.37. The van der Waals surface area contributed by atoms with E-state index in [0.29, 0.717) is 0 Å². The molecule has 5 atom stereocenters. The Labute approximate surface area is 172 Å². The highest BCUT2D eigenvalue weighted by Crippen LogP contribution is 2.60. The molecule has 1 aliphatic heterocycles. The van der Waals surface area contributed by atoms with Crippen LogP contribution < -0.4 is 31.0 Å². The van der Waals surface area contributed by atoms with Gasteiger partial charge in [0.2, 0.25) is 5.95 Å². The number of phosphoric ester groups is 1. The summed E-state index contributed by atoms with van der Waals surface area (Å²) in [6, 6.07) is 0. The monoisotopic (exact) mass is 502 g/mol. The predicted molar refractivity (Wildman–Crippen MR) is 89.6 cm³/mol. The number of phosphoric acid groups is 3. The maximum absolute atomic E-state index is 11.6. The summed E-state index contributed by atoms with van der Waals surface area (Å²) in [5.41, 5.74) is 11.6. The lowest BCUT2D eigenvalue weighted by Gasteiger charge is -2.37. The number of anilines is 2. The van der Waals surface area contributed by atoms with Crippen molar-refractivity contribution in [3.63, 3.8) is 0 Å². The first-order chi connectivity index (χ1) is 14.2. The molecule has 2 aromatic heterocycles. The third kappa shape index (κ3) is 6.04. The largest absolute Gasteiger partial charge is 0.790 e. The average molecular weight is 502 g/mol. The van der Waals surface area contributed by atoms with Gasteiger partial charge in [-0.25, -0.2) is 9.29 Å². The van der Waals surface area contributed by atoms with Gasteiger partial charge in [0.1, 0.15) is 17.8 Å². The van der Waals surface area contributed by atoms with Crippen LogP contribution in [0, 0.1) is 0 Å². The number of fused-ring (bicyclic) bond motifs is 1. The van der Waals surface area contributed by atoms with Crippen LogP contribution >= 0.6 is 23.5 Å². The van der Waals surface area contributed by atoms with Gasteiger partial charge in [0.15, 0.2) is 11.5 Å². The Bertz CT molecular complexity index is 1120. The molecule has 21 heteroatoms. The Kier molecular flexibility index (Phi) is 6.57. The molecule has 3 rings (SSSR count). The first kappa shape index (κ1) is 24.1. The zero-order valence-corrected chi connectivity index (χ0v) is 17.6. The van der Waals surface area contributed by atoms with Crippen LogP contribution in [0.3, 0.4) is 0 Å². The molecule has 0 amide bonds. The lowest BCUT2D eigenvalue weighted by molar-refractivity contribution is -0.339. The number of nitrogens with two attached hydrogens (primary N) is 2. The molecule has 0 spiro atoms. The molecule has 0 aliphatic carbocycles. The molecule has 3 heterocycles. The lowest BCUT2D eigenvalue weighted by Crippen LogP contribution is -2.27. The number of aliphatic hydroxyl groups excluding tert-OH is 1. The third-order valence-corrected chi connectivity index (χ3v) is 7.44. The normalized spacial score (nSPS) is 26.0. The number of nitrogens with zero attached hydrogens (tertiary/aromatic N) is 4. The van der Waals surface area contributed by atoms with Crippen molar-refractivity contribution in [3.8, 4) is 0 Å². The predicted octanol–water partition coefficient (Wildman–Crippen LogP) is -3.55. The number of hydrogen-bond donors (Lipinski definition) is 3. The molecule has 0 aromatic carbocycles. The topological polar surface area (TPSA) is 296 Å². The van der Waals surface area contributed by atoms with Crippen molar-refractivity contribution in [3.05, 3.63) is 6.33 Å². The number of imidazole rings is 1. The number of rotatable bonds is 8. The summed E-state index contributed by atoms with van der Waals surface area (Å²) in [4.78, 5) is 55.1. The van der Waals surface area contributed by atoms with E-state index in [2.05, 4.69) is 28.1 Å². The minimum absolute atomic E-state index is 0.00547. The van der Waals surface area contributed by atoms with E-state index in [-0.39, 0.29) is 29.4 Å². The van der Waals surface area contributed by atoms with E-state index < -0.39 is 48.5 Å². The van der Waals surface area contributed by atoms with Gasteiger partial charge in [-0.2, -0.15) is 9.97 Å². The SMILES string of the molecule is Nc1nc(N)c2ncn([C@H]3C[C@H](O)[C@@H](COP(=O)([O-])OP(=O)([O-])OP(=O)([O-])[O-])O3)c2n1. The van der Waals surface area contributed by atoms with E-state index in [9.17, 15) is 38.4 Å². The summed E-state index contributed by atoms with van der Waals surface area (Å²) in [5, 5.41) is 10.1. The zero-order valence-electron chi connectivity index (χ0n) is 14.9. The fraction of sp³-hybridized carbons (Fsp3) is 0.500. The smallest absolute Gasteiger partial charge is 0.278 e. The fourth-order valence-electron chi connectivity index (χ4n) is 2.65. The van der Waals surface area contributed by atoms with Gasteiger partial charge in [-0.05, 0) is 0 Å². The Balaban J connectivity index is 1.66. The average Bonchev–Trinajstić information content (AvgIpc) is 3.13. The van der Waals surface area contributed by atoms with Gasteiger partial charge in [-0.15, -0.1) is 0 Å². The van der Waals surface area contributed by atoms with Gasteiger partial charge in [0.05, 0.1) is 26.9 Å². The maximum Gasteiger partial charge on any atom is 0.278 e. The fourth-order valence-corrected chi connectivity index (χ4v) is 5.52. The van der Waals surface area contributed by atoms with Crippen LogP contribution in [0.25, 0.3) is 11.2 Å². The van der Waals surface area contributed by atoms with Crippen LogP contribution in [0.4, 0.5) is 11.8 Å². The van der Waals surface area contributed by atoms with Gasteiger partial charge >= 0.3 is 0 Å². The Morgan fingerprint density at radius 1 is 1.16 bits per heavy atom. The van der Waals surface area contributed by atoms with Gasteiger partial charge in [0, 0.05) is 6.42 Å². The number of ether oxygens (including phenoxy) is 1. The molecular formula is C10H13N6O12P3-4. The molecule has 2 aromatic rings. The number of aliphatic hydroxyl groups is 1. The van der Waals surface area contributed by atoms with Gasteiger partial charge < -0.3 is 50.0 Å². The molecule has 18 nitrogen and oxygen atoms in total. The van der Waals surface area contributed by atoms with E-state index in [1.807, 2.05) is 0 Å². The van der Waals surface area contributed by atoms with Crippen molar-refractivity contribution in [1.29, 1.82) is 0 Å². The van der Waals surface area contributed by atoms with Crippen molar-refractivity contribution in [2.75, 3.05) is 18.1 Å². The van der Waals surface area contributed by atoms with Crippen molar-refractivity contribution < 1.29 is 56.3 Å². The van der Waals surface area contributed by atoms with Crippen molar-refractivity contribution in [2.24, 2.45) is 0 Å². The molecule has 0 bridgehead atoms. The Morgan fingerprint density at radius 2 is 1.84 bits per heavy atom. The molecule has 31 heavy (non-hydrogen) atoms. The molecule has 174 valence electrons. The Morgan fingerprint density at radius 3 is 2.48 bits per heavy atom. The van der Waals surface area contributed by atoms with E-state index >= 15 is 0 Å². The first-order valence-electron chi connectivity index (χ1n) is 7.96. The molecule has 1 aliphatic rings. The van der Waals surface area contributed by atoms with Crippen molar-refractivity contribution >= 4 is 46.4 Å². The second-order valence-electron chi connectivity index (χ2n) is 6.02. The second kappa shape index (κ2) is 8.44. The molecule has 5 N–H and O–H groups in total. The van der Waals surface area contributed by atoms with E-state index in [0.717, 1.165) is 0 Å². The summed E-state index contributed by atoms with van der Waals surface area (Å²) in [7, 11) is -17.9. The molecular weight excluding hydrogens is 489 g/mol. The molecule has 2 unspecified atom stereocenters. The Hall–Kier alpha value is -1.52.